The second kappa shape index (κ2) is 7.11. The predicted molar refractivity (Wildman–Crippen MR) is 97.2 cm³/mol. The molecule has 9 nitrogen and oxygen atoms in total. The number of anilines is 1. The van der Waals surface area contributed by atoms with Gasteiger partial charge in [-0.05, 0) is 24.3 Å². The maximum atomic E-state index is 12.6. The fraction of sp³-hybridized carbons (Fsp3) is 0. The first kappa shape index (κ1) is 16.5. The van der Waals surface area contributed by atoms with Gasteiger partial charge in [-0.2, -0.15) is 5.26 Å². The summed E-state index contributed by atoms with van der Waals surface area (Å²) in [5, 5.41) is 21.6. The minimum Gasteiger partial charge on any atom is -0.296 e. The Kier molecular flexibility index (Phi) is 4.34. The minimum absolute atomic E-state index is 0.266. The zero-order chi connectivity index (χ0) is 18.6. The first-order valence-electron chi connectivity index (χ1n) is 7.70. The Balaban J connectivity index is 1.56. The van der Waals surface area contributed by atoms with Gasteiger partial charge in [-0.25, -0.2) is 14.6 Å². The zero-order valence-electron chi connectivity index (χ0n) is 13.6. The molecule has 4 heterocycles. The summed E-state index contributed by atoms with van der Waals surface area (Å²) in [5.74, 6) is -0.392. The minimum atomic E-state index is -0.392. The van der Waals surface area contributed by atoms with Crippen molar-refractivity contribution >= 4 is 22.4 Å². The molecule has 0 atom stereocenters. The average Bonchev–Trinajstić information content (AvgIpc) is 3.38. The summed E-state index contributed by atoms with van der Waals surface area (Å²) in [7, 11) is 0. The number of aromatic nitrogens is 6. The van der Waals surface area contributed by atoms with Gasteiger partial charge in [0.05, 0.1) is 17.6 Å². The zero-order valence-corrected chi connectivity index (χ0v) is 14.5. The summed E-state index contributed by atoms with van der Waals surface area (Å²) in [6, 6.07) is 10.5. The van der Waals surface area contributed by atoms with Crippen molar-refractivity contribution in [1.29, 1.82) is 5.26 Å². The van der Waals surface area contributed by atoms with Crippen LogP contribution in [0.3, 0.4) is 0 Å². The summed E-state index contributed by atoms with van der Waals surface area (Å²) in [6.07, 6.45) is 4.59. The van der Waals surface area contributed by atoms with E-state index in [0.717, 1.165) is 0 Å². The summed E-state index contributed by atoms with van der Waals surface area (Å²) in [5.41, 5.74) is 2.38. The molecule has 0 spiro atoms. The van der Waals surface area contributed by atoms with E-state index in [1.165, 1.54) is 22.2 Å². The van der Waals surface area contributed by atoms with Gasteiger partial charge < -0.3 is 0 Å². The van der Waals surface area contributed by atoms with E-state index in [2.05, 4.69) is 30.6 Å². The van der Waals surface area contributed by atoms with Crippen LogP contribution in [0, 0.1) is 11.3 Å². The highest BCUT2D eigenvalue weighted by Gasteiger charge is 2.16. The Labute approximate surface area is 157 Å². The molecule has 0 aromatic carbocycles. The van der Waals surface area contributed by atoms with Gasteiger partial charge in [0.1, 0.15) is 17.5 Å². The van der Waals surface area contributed by atoms with Crippen molar-refractivity contribution in [2.24, 2.45) is 0 Å². The quantitative estimate of drug-likeness (QED) is 0.581. The molecule has 4 rings (SSSR count). The average molecular weight is 374 g/mol. The van der Waals surface area contributed by atoms with Crippen molar-refractivity contribution in [3.8, 4) is 23.1 Å². The lowest BCUT2D eigenvalue weighted by molar-refractivity contribution is 0.101. The van der Waals surface area contributed by atoms with Crippen molar-refractivity contribution in [2.75, 3.05) is 5.32 Å². The molecule has 0 radical (unpaired) electrons. The molecule has 10 heteroatoms. The van der Waals surface area contributed by atoms with E-state index in [1.54, 1.807) is 48.1 Å². The number of carbonyl (C=O) groups excluding carboxylic acids is 1. The predicted octanol–water partition coefficient (Wildman–Crippen LogP) is 2.30. The Bertz CT molecular complexity index is 1140. The maximum absolute atomic E-state index is 12.6. The molecule has 1 amide bonds. The van der Waals surface area contributed by atoms with Crippen LogP contribution < -0.4 is 5.32 Å². The van der Waals surface area contributed by atoms with Crippen molar-refractivity contribution in [2.45, 2.75) is 0 Å². The van der Waals surface area contributed by atoms with E-state index in [-0.39, 0.29) is 5.69 Å². The number of hydrogen-bond acceptors (Lipinski definition) is 8. The van der Waals surface area contributed by atoms with E-state index in [0.29, 0.717) is 27.9 Å². The molecule has 0 saturated carbocycles. The van der Waals surface area contributed by atoms with Crippen LogP contribution in [0.1, 0.15) is 16.2 Å². The molecule has 0 unspecified atom stereocenters. The lowest BCUT2D eigenvalue weighted by atomic mass is 10.2. The van der Waals surface area contributed by atoms with E-state index >= 15 is 0 Å². The van der Waals surface area contributed by atoms with Crippen LogP contribution >= 0.6 is 11.3 Å². The molecule has 0 saturated heterocycles. The number of carbonyl (C=O) groups is 1. The van der Waals surface area contributed by atoms with Gasteiger partial charge in [0.25, 0.3) is 5.91 Å². The third-order valence-electron chi connectivity index (χ3n) is 3.54. The number of hydrogen-bond donors (Lipinski definition) is 1. The highest BCUT2D eigenvalue weighted by atomic mass is 32.1. The molecule has 4 aromatic heterocycles. The van der Waals surface area contributed by atoms with E-state index in [4.69, 9.17) is 5.26 Å². The molecule has 4 aromatic rings. The van der Waals surface area contributed by atoms with Crippen LogP contribution in [0.4, 0.5) is 5.13 Å². The molecule has 0 fully saturated rings. The van der Waals surface area contributed by atoms with Gasteiger partial charge in [-0.15, -0.1) is 16.4 Å². The lowest BCUT2D eigenvalue weighted by Gasteiger charge is -2.05. The van der Waals surface area contributed by atoms with Crippen LogP contribution in [0.15, 0.2) is 54.3 Å². The first-order chi connectivity index (χ1) is 13.2. The summed E-state index contributed by atoms with van der Waals surface area (Å²) >= 11 is 1.26. The Morgan fingerprint density at radius 3 is 2.81 bits per heavy atom. The molecule has 0 aliphatic rings. The van der Waals surface area contributed by atoms with Crippen LogP contribution in [0.2, 0.25) is 0 Å². The summed E-state index contributed by atoms with van der Waals surface area (Å²) < 4.78 is 1.42. The van der Waals surface area contributed by atoms with Gasteiger partial charge in [0, 0.05) is 17.8 Å². The normalized spacial score (nSPS) is 10.3. The van der Waals surface area contributed by atoms with Gasteiger partial charge in [0.15, 0.2) is 10.8 Å². The fourth-order valence-corrected chi connectivity index (χ4v) is 3.01. The monoisotopic (exact) mass is 374 g/mol. The number of pyridine rings is 2. The number of nitriles is 1. The topological polar surface area (TPSA) is 122 Å². The van der Waals surface area contributed by atoms with E-state index in [1.807, 2.05) is 6.07 Å². The maximum Gasteiger partial charge on any atom is 0.277 e. The molecule has 0 aliphatic heterocycles. The number of nitrogens with one attached hydrogen (secondary N) is 1. The van der Waals surface area contributed by atoms with Crippen LogP contribution in [0.5, 0.6) is 0 Å². The molecule has 130 valence electrons. The Hall–Kier alpha value is -3.97. The molecule has 0 bridgehead atoms. The van der Waals surface area contributed by atoms with E-state index in [9.17, 15) is 4.79 Å². The molecular formula is C17H10N8OS. The van der Waals surface area contributed by atoms with E-state index < -0.39 is 5.91 Å². The highest BCUT2D eigenvalue weighted by Crippen LogP contribution is 2.24. The molecule has 1 N–H and O–H groups in total. The Morgan fingerprint density at radius 2 is 2.00 bits per heavy atom. The van der Waals surface area contributed by atoms with Gasteiger partial charge >= 0.3 is 0 Å². The van der Waals surface area contributed by atoms with Crippen LogP contribution in [0.25, 0.3) is 17.1 Å². The number of nitrogens with zero attached hydrogens (tertiary/aromatic N) is 7. The van der Waals surface area contributed by atoms with Gasteiger partial charge in [0.2, 0.25) is 0 Å². The SMILES string of the molecule is N#Cc1cccc(-c2csc(NC(=O)c3cnnn3-c3ccncc3)n2)n1. The van der Waals surface area contributed by atoms with Crippen LogP contribution in [-0.2, 0) is 0 Å². The first-order valence-corrected chi connectivity index (χ1v) is 8.58. The fourth-order valence-electron chi connectivity index (χ4n) is 2.32. The second-order valence-electron chi connectivity index (χ2n) is 5.25. The second-order valence-corrected chi connectivity index (χ2v) is 6.11. The van der Waals surface area contributed by atoms with Crippen molar-refractivity contribution in [3.05, 3.63) is 65.7 Å². The van der Waals surface area contributed by atoms with Gasteiger partial charge in [-0.3, -0.25) is 15.1 Å². The standard InChI is InChI=1S/C17H10N8OS/c18-8-11-2-1-3-13(21-11)14-10-27-17(22-14)23-16(26)15-9-20-24-25(15)12-4-6-19-7-5-12/h1-7,9-10H,(H,22,23,26). The third kappa shape index (κ3) is 3.39. The number of thiazole rings is 1. The Morgan fingerprint density at radius 1 is 1.15 bits per heavy atom. The number of rotatable bonds is 4. The van der Waals surface area contributed by atoms with Crippen LogP contribution in [-0.4, -0.2) is 35.9 Å². The summed E-state index contributed by atoms with van der Waals surface area (Å²) in [6.45, 7) is 0. The summed E-state index contributed by atoms with van der Waals surface area (Å²) in [4.78, 5) is 25.1. The van der Waals surface area contributed by atoms with Crippen molar-refractivity contribution < 1.29 is 4.79 Å². The molecule has 0 aliphatic carbocycles. The van der Waals surface area contributed by atoms with Crippen molar-refractivity contribution in [3.63, 3.8) is 0 Å². The van der Waals surface area contributed by atoms with Gasteiger partial charge in [-0.1, -0.05) is 11.3 Å². The smallest absolute Gasteiger partial charge is 0.277 e. The van der Waals surface area contributed by atoms with Crippen molar-refractivity contribution in [1.82, 2.24) is 29.9 Å². The molecule has 27 heavy (non-hydrogen) atoms. The third-order valence-corrected chi connectivity index (χ3v) is 4.30. The number of amides is 1. The highest BCUT2D eigenvalue weighted by molar-refractivity contribution is 7.14. The molecular weight excluding hydrogens is 364 g/mol. The lowest BCUT2D eigenvalue weighted by Crippen LogP contribution is -2.16. The largest absolute Gasteiger partial charge is 0.296 e.